The maximum Gasteiger partial charge on any atom is 0.149 e. The summed E-state index contributed by atoms with van der Waals surface area (Å²) in [5.41, 5.74) is 4.51. The maximum absolute atomic E-state index is 10.2. The van der Waals surface area contributed by atoms with Gasteiger partial charge in [0, 0.05) is 5.41 Å². The third-order valence-electron chi connectivity index (χ3n) is 9.38. The van der Waals surface area contributed by atoms with Crippen molar-refractivity contribution in [3.8, 4) is 75.3 Å². The van der Waals surface area contributed by atoms with E-state index in [1.807, 2.05) is 97.1 Å². The van der Waals surface area contributed by atoms with E-state index in [1.54, 1.807) is 54.6 Å². The Hall–Kier alpha value is -7.21. The fraction of sp³-hybridized carbons (Fsp3) is 0.0625. The normalized spacial score (nSPS) is 10.8. The molecule has 0 radical (unpaired) electrons. The first-order chi connectivity index (χ1) is 27.7. The van der Waals surface area contributed by atoms with E-state index in [1.165, 1.54) is 0 Å². The molecule has 9 heteroatoms. The van der Waals surface area contributed by atoms with Gasteiger partial charge >= 0.3 is 0 Å². The molecule has 0 aliphatic carbocycles. The highest BCUT2D eigenvalue weighted by Gasteiger charge is 2.24. The molecule has 7 nitrogen and oxygen atoms in total. The zero-order valence-corrected chi connectivity index (χ0v) is 32.2. The summed E-state index contributed by atoms with van der Waals surface area (Å²) < 4.78 is 24.3. The molecule has 0 atom stereocenters. The number of nitrogens with zero attached hydrogens (tertiary/aromatic N) is 3. The SMILES string of the molecule is CC(C)(c1ccc(Oc2cccc(Cl)c2C#N)cc1)c1ccc(Oc2cccc(Oc3ccc(-c4ccc(Oc5cccc(Cl)c5C#N)cc4)cc3)c2C#N)cc1. The van der Waals surface area contributed by atoms with Gasteiger partial charge in [-0.1, -0.05) is 104 Å². The molecule has 0 heterocycles. The summed E-state index contributed by atoms with van der Waals surface area (Å²) >= 11 is 12.3. The van der Waals surface area contributed by atoms with Crippen LogP contribution in [0.15, 0.2) is 152 Å². The Morgan fingerprint density at radius 1 is 0.386 bits per heavy atom. The minimum Gasteiger partial charge on any atom is -0.456 e. The molecule has 7 rings (SSSR count). The highest BCUT2D eigenvalue weighted by Crippen LogP contribution is 2.38. The monoisotopic (exact) mass is 783 g/mol. The zero-order valence-electron chi connectivity index (χ0n) is 30.7. The summed E-state index contributed by atoms with van der Waals surface area (Å²) in [6.07, 6.45) is 0. The summed E-state index contributed by atoms with van der Waals surface area (Å²) in [6.45, 7) is 4.26. The van der Waals surface area contributed by atoms with Crippen LogP contribution in [0.25, 0.3) is 11.1 Å². The molecular weight excluding hydrogens is 753 g/mol. The van der Waals surface area contributed by atoms with Gasteiger partial charge in [0.25, 0.3) is 0 Å². The van der Waals surface area contributed by atoms with Crippen molar-refractivity contribution in [2.24, 2.45) is 0 Å². The second-order valence-corrected chi connectivity index (χ2v) is 14.1. The van der Waals surface area contributed by atoms with E-state index in [0.717, 1.165) is 22.3 Å². The molecule has 0 spiro atoms. The van der Waals surface area contributed by atoms with Gasteiger partial charge in [-0.15, -0.1) is 0 Å². The van der Waals surface area contributed by atoms with E-state index in [4.69, 9.17) is 42.1 Å². The van der Waals surface area contributed by atoms with Crippen molar-refractivity contribution in [3.05, 3.63) is 190 Å². The molecule has 7 aromatic carbocycles. The number of halogens is 2. The first-order valence-electron chi connectivity index (χ1n) is 17.7. The van der Waals surface area contributed by atoms with Gasteiger partial charge in [-0.25, -0.2) is 0 Å². The van der Waals surface area contributed by atoms with Crippen LogP contribution in [0.2, 0.25) is 10.0 Å². The second-order valence-electron chi connectivity index (χ2n) is 13.3. The summed E-state index contributed by atoms with van der Waals surface area (Å²) in [4.78, 5) is 0. The first-order valence-corrected chi connectivity index (χ1v) is 18.5. The largest absolute Gasteiger partial charge is 0.456 e. The first kappa shape index (κ1) is 38.1. The van der Waals surface area contributed by atoms with Crippen molar-refractivity contribution in [2.45, 2.75) is 19.3 Å². The molecule has 276 valence electrons. The molecule has 0 amide bonds. The molecule has 0 aliphatic heterocycles. The topological polar surface area (TPSA) is 108 Å². The third kappa shape index (κ3) is 8.40. The Labute approximate surface area is 340 Å². The molecule has 0 aromatic heterocycles. The van der Waals surface area contributed by atoms with Crippen molar-refractivity contribution in [1.82, 2.24) is 0 Å². The lowest BCUT2D eigenvalue weighted by molar-refractivity contribution is 0.457. The van der Waals surface area contributed by atoms with Crippen LogP contribution >= 0.6 is 23.2 Å². The summed E-state index contributed by atoms with van der Waals surface area (Å²) in [5.74, 6) is 3.82. The molecule has 0 bridgehead atoms. The predicted molar refractivity (Wildman–Crippen MR) is 221 cm³/mol. The van der Waals surface area contributed by atoms with Gasteiger partial charge < -0.3 is 18.9 Å². The number of hydrogen-bond acceptors (Lipinski definition) is 7. The van der Waals surface area contributed by atoms with Crippen LogP contribution in [0.4, 0.5) is 0 Å². The van der Waals surface area contributed by atoms with Crippen LogP contribution in [-0.2, 0) is 5.41 Å². The van der Waals surface area contributed by atoms with Crippen molar-refractivity contribution < 1.29 is 18.9 Å². The van der Waals surface area contributed by atoms with Crippen molar-refractivity contribution in [2.75, 3.05) is 0 Å². The molecule has 57 heavy (non-hydrogen) atoms. The van der Waals surface area contributed by atoms with Crippen LogP contribution in [0, 0.1) is 34.0 Å². The molecule has 0 saturated carbocycles. The van der Waals surface area contributed by atoms with Crippen LogP contribution in [0.3, 0.4) is 0 Å². The quantitative estimate of drug-likeness (QED) is 0.128. The lowest BCUT2D eigenvalue weighted by Gasteiger charge is -2.26. The Kier molecular flexibility index (Phi) is 11.1. The van der Waals surface area contributed by atoms with Crippen molar-refractivity contribution in [1.29, 1.82) is 15.8 Å². The number of hydrogen-bond donors (Lipinski definition) is 0. The van der Waals surface area contributed by atoms with E-state index in [9.17, 15) is 15.8 Å². The van der Waals surface area contributed by atoms with Crippen molar-refractivity contribution >= 4 is 23.2 Å². The maximum atomic E-state index is 10.2. The minimum absolute atomic E-state index is 0.266. The summed E-state index contributed by atoms with van der Waals surface area (Å²) in [7, 11) is 0. The van der Waals surface area contributed by atoms with Gasteiger partial charge in [-0.05, 0) is 107 Å². The zero-order chi connectivity index (χ0) is 39.9. The van der Waals surface area contributed by atoms with Crippen LogP contribution in [0.1, 0.15) is 41.7 Å². The van der Waals surface area contributed by atoms with Crippen LogP contribution in [-0.4, -0.2) is 0 Å². The fourth-order valence-corrected chi connectivity index (χ4v) is 6.59. The van der Waals surface area contributed by atoms with E-state index >= 15 is 0 Å². The Balaban J connectivity index is 1.000. The highest BCUT2D eigenvalue weighted by molar-refractivity contribution is 6.32. The van der Waals surface area contributed by atoms with Crippen LogP contribution in [0.5, 0.6) is 46.0 Å². The lowest BCUT2D eigenvalue weighted by Crippen LogP contribution is -2.18. The molecule has 0 N–H and O–H groups in total. The average molecular weight is 785 g/mol. The molecular formula is C48H31Cl2N3O4. The van der Waals surface area contributed by atoms with Gasteiger partial charge in [0.15, 0.2) is 0 Å². The summed E-state index contributed by atoms with van der Waals surface area (Å²) in [6, 6.07) is 52.4. The molecule has 0 unspecified atom stereocenters. The second kappa shape index (κ2) is 16.7. The number of rotatable bonds is 11. The van der Waals surface area contributed by atoms with Gasteiger partial charge in [0.1, 0.15) is 80.9 Å². The summed E-state index contributed by atoms with van der Waals surface area (Å²) in [5, 5.41) is 29.7. The van der Waals surface area contributed by atoms with Crippen LogP contribution < -0.4 is 18.9 Å². The Bertz CT molecular complexity index is 2690. The van der Waals surface area contributed by atoms with Gasteiger partial charge in [-0.2, -0.15) is 15.8 Å². The number of benzene rings is 7. The number of nitriles is 3. The average Bonchev–Trinajstić information content (AvgIpc) is 3.22. The third-order valence-corrected chi connectivity index (χ3v) is 10.0. The standard InChI is InChI=1S/C48H31Cl2N3O4/c1-48(2,33-16-24-37(25-17-33)55-45-9-4-7-43(50)40(45)29-52)34-18-26-38(27-19-34)57-47-11-5-10-46(41(47)30-53)56-36-22-14-32(15-23-36)31-12-20-35(21-13-31)54-44-8-3-6-42(49)39(44)28-51/h3-27H,1-2H3. The lowest BCUT2D eigenvalue weighted by atomic mass is 9.78. The molecule has 0 fully saturated rings. The fourth-order valence-electron chi connectivity index (χ4n) is 6.17. The molecule has 0 saturated heterocycles. The van der Waals surface area contributed by atoms with E-state index < -0.39 is 0 Å². The molecule has 0 aliphatic rings. The van der Waals surface area contributed by atoms with Gasteiger partial charge in [0.2, 0.25) is 0 Å². The van der Waals surface area contributed by atoms with E-state index in [-0.39, 0.29) is 22.1 Å². The predicted octanol–water partition coefficient (Wildman–Crippen LogP) is 13.8. The Morgan fingerprint density at radius 2 is 0.667 bits per heavy atom. The van der Waals surface area contributed by atoms with Gasteiger partial charge in [0.05, 0.1) is 10.0 Å². The smallest absolute Gasteiger partial charge is 0.149 e. The van der Waals surface area contributed by atoms with Crippen molar-refractivity contribution in [3.63, 3.8) is 0 Å². The number of ether oxygens (including phenoxy) is 4. The Morgan fingerprint density at radius 3 is 0.982 bits per heavy atom. The van der Waals surface area contributed by atoms with Gasteiger partial charge in [-0.3, -0.25) is 0 Å². The minimum atomic E-state index is -0.357. The van der Waals surface area contributed by atoms with E-state index in [0.29, 0.717) is 56.0 Å². The molecule has 7 aromatic rings. The van der Waals surface area contributed by atoms with E-state index in [2.05, 4.69) is 32.1 Å². The highest BCUT2D eigenvalue weighted by atomic mass is 35.5.